The van der Waals surface area contributed by atoms with E-state index in [0.717, 1.165) is 6.42 Å². The van der Waals surface area contributed by atoms with Crippen LogP contribution in [0.2, 0.25) is 0 Å². The van der Waals surface area contributed by atoms with Crippen LogP contribution in [0.25, 0.3) is 5.57 Å². The molecule has 0 fully saturated rings. The lowest BCUT2D eigenvalue weighted by Crippen LogP contribution is -2.02. The van der Waals surface area contributed by atoms with E-state index in [1.807, 2.05) is 0 Å². The Kier molecular flexibility index (Phi) is 4.38. The molecule has 0 N–H and O–H groups in total. The first-order chi connectivity index (χ1) is 8.74. The largest absolute Gasteiger partial charge is 0.377 e. The molecular weight excluding hydrogens is 220 g/mol. The summed E-state index contributed by atoms with van der Waals surface area (Å²) in [6, 6.07) is 8.59. The molecule has 1 aromatic carbocycles. The van der Waals surface area contributed by atoms with Crippen LogP contribution >= 0.6 is 0 Å². The molecule has 0 aromatic heterocycles. The molecule has 0 spiro atoms. The van der Waals surface area contributed by atoms with Gasteiger partial charge in [0.1, 0.15) is 0 Å². The van der Waals surface area contributed by atoms with Crippen molar-refractivity contribution < 1.29 is 4.74 Å². The van der Waals surface area contributed by atoms with Gasteiger partial charge in [-0.05, 0) is 49.8 Å². The lowest BCUT2D eigenvalue weighted by Gasteiger charge is -2.19. The first-order valence-corrected chi connectivity index (χ1v) is 6.69. The maximum absolute atomic E-state index is 5.48. The fourth-order valence-electron chi connectivity index (χ4n) is 2.55. The van der Waals surface area contributed by atoms with E-state index < -0.39 is 0 Å². The Bertz CT molecular complexity index is 468. The van der Waals surface area contributed by atoms with Crippen molar-refractivity contribution in [3.63, 3.8) is 0 Å². The second-order valence-electron chi connectivity index (χ2n) is 4.91. The number of hydrogen-bond acceptors (Lipinski definition) is 1. The summed E-state index contributed by atoms with van der Waals surface area (Å²) in [5.74, 6) is 0. The second-order valence-corrected chi connectivity index (χ2v) is 4.91. The molecule has 1 unspecified atom stereocenters. The van der Waals surface area contributed by atoms with Crippen molar-refractivity contribution in [1.29, 1.82) is 0 Å². The highest BCUT2D eigenvalue weighted by Gasteiger charge is 2.13. The summed E-state index contributed by atoms with van der Waals surface area (Å²) in [7, 11) is 1.77. The molecule has 0 saturated heterocycles. The Balaban J connectivity index is 2.41. The van der Waals surface area contributed by atoms with Crippen molar-refractivity contribution >= 4 is 5.57 Å². The first kappa shape index (κ1) is 13.1. The number of ether oxygens (including phenoxy) is 1. The van der Waals surface area contributed by atoms with E-state index in [2.05, 4.69) is 50.3 Å². The van der Waals surface area contributed by atoms with Crippen LogP contribution in [0.3, 0.4) is 0 Å². The number of benzene rings is 1. The van der Waals surface area contributed by atoms with Crippen molar-refractivity contribution in [2.45, 2.75) is 39.2 Å². The number of allylic oxidation sites excluding steroid dienone is 4. The van der Waals surface area contributed by atoms with Gasteiger partial charge in [-0.25, -0.2) is 0 Å². The van der Waals surface area contributed by atoms with Gasteiger partial charge >= 0.3 is 0 Å². The van der Waals surface area contributed by atoms with E-state index in [4.69, 9.17) is 4.74 Å². The van der Waals surface area contributed by atoms with Gasteiger partial charge in [0.25, 0.3) is 0 Å². The van der Waals surface area contributed by atoms with E-state index >= 15 is 0 Å². The number of hydrogen-bond donors (Lipinski definition) is 0. The zero-order valence-electron chi connectivity index (χ0n) is 11.6. The lowest BCUT2D eigenvalue weighted by atomic mass is 9.89. The van der Waals surface area contributed by atoms with Gasteiger partial charge in [0.2, 0.25) is 0 Å². The van der Waals surface area contributed by atoms with E-state index in [-0.39, 0.29) is 6.10 Å². The van der Waals surface area contributed by atoms with Crippen LogP contribution < -0.4 is 0 Å². The second kappa shape index (κ2) is 6.01. The van der Waals surface area contributed by atoms with Crippen LogP contribution in [0.1, 0.15) is 50.3 Å². The van der Waals surface area contributed by atoms with Crippen LogP contribution in [0.5, 0.6) is 0 Å². The fourth-order valence-corrected chi connectivity index (χ4v) is 2.55. The van der Waals surface area contributed by atoms with Crippen LogP contribution in [-0.2, 0) is 4.74 Å². The van der Waals surface area contributed by atoms with E-state index in [0.29, 0.717) is 0 Å². The van der Waals surface area contributed by atoms with Crippen LogP contribution in [0.4, 0.5) is 0 Å². The Morgan fingerprint density at radius 2 is 2.00 bits per heavy atom. The minimum absolute atomic E-state index is 0.149. The Morgan fingerprint density at radius 1 is 1.22 bits per heavy atom. The summed E-state index contributed by atoms with van der Waals surface area (Å²) < 4.78 is 5.48. The normalized spacial score (nSPS) is 19.7. The summed E-state index contributed by atoms with van der Waals surface area (Å²) in [5.41, 5.74) is 5.63. The predicted octanol–water partition coefficient (Wildman–Crippen LogP) is 4.91. The molecule has 0 aliphatic heterocycles. The molecule has 0 saturated carbocycles. The molecule has 1 aromatic rings. The standard InChI is InChI=1S/C17H22O/c1-13(15-9-5-4-6-10-15)16-11-7-8-12-17(16)14(2)18-3/h4-5,7-8,11-12,14H,6,9-10H2,1-3H3/b15-13-. The molecule has 96 valence electrons. The van der Waals surface area contributed by atoms with Crippen molar-refractivity contribution in [3.8, 4) is 0 Å². The van der Waals surface area contributed by atoms with E-state index in [1.165, 1.54) is 29.5 Å². The lowest BCUT2D eigenvalue weighted by molar-refractivity contribution is 0.119. The molecule has 0 radical (unpaired) electrons. The molecule has 2 rings (SSSR count). The summed E-state index contributed by atoms with van der Waals surface area (Å²) in [4.78, 5) is 0. The highest BCUT2D eigenvalue weighted by Crippen LogP contribution is 2.32. The molecule has 1 aliphatic carbocycles. The zero-order valence-corrected chi connectivity index (χ0v) is 11.6. The van der Waals surface area contributed by atoms with Crippen molar-refractivity contribution in [2.24, 2.45) is 0 Å². The van der Waals surface area contributed by atoms with Gasteiger partial charge in [-0.2, -0.15) is 0 Å². The monoisotopic (exact) mass is 242 g/mol. The van der Waals surface area contributed by atoms with Crippen LogP contribution in [0, 0.1) is 0 Å². The highest BCUT2D eigenvalue weighted by molar-refractivity contribution is 5.70. The van der Waals surface area contributed by atoms with Crippen molar-refractivity contribution in [3.05, 3.63) is 53.1 Å². The SMILES string of the molecule is COC(C)c1ccccc1/C(C)=C1/CC=CCC1. The van der Waals surface area contributed by atoms with Gasteiger partial charge in [0.05, 0.1) is 6.10 Å². The average molecular weight is 242 g/mol. The number of rotatable bonds is 3. The third-order valence-electron chi connectivity index (χ3n) is 3.83. The van der Waals surface area contributed by atoms with Crippen LogP contribution in [-0.4, -0.2) is 7.11 Å². The van der Waals surface area contributed by atoms with Crippen molar-refractivity contribution in [2.75, 3.05) is 7.11 Å². The Hall–Kier alpha value is -1.34. The molecule has 1 aliphatic rings. The molecule has 0 amide bonds. The van der Waals surface area contributed by atoms with Crippen LogP contribution in [0.15, 0.2) is 42.0 Å². The summed E-state index contributed by atoms with van der Waals surface area (Å²) >= 11 is 0. The minimum atomic E-state index is 0.149. The Morgan fingerprint density at radius 3 is 2.67 bits per heavy atom. The minimum Gasteiger partial charge on any atom is -0.377 e. The molecule has 18 heavy (non-hydrogen) atoms. The molecule has 1 atom stereocenters. The van der Waals surface area contributed by atoms with Gasteiger partial charge in [-0.15, -0.1) is 0 Å². The van der Waals surface area contributed by atoms with E-state index in [1.54, 1.807) is 12.7 Å². The first-order valence-electron chi connectivity index (χ1n) is 6.69. The average Bonchev–Trinajstić information content (AvgIpc) is 2.46. The van der Waals surface area contributed by atoms with Gasteiger partial charge in [-0.3, -0.25) is 0 Å². The fraction of sp³-hybridized carbons (Fsp3) is 0.412. The third kappa shape index (κ3) is 2.73. The maximum Gasteiger partial charge on any atom is 0.0798 e. The number of methoxy groups -OCH3 is 1. The maximum atomic E-state index is 5.48. The van der Waals surface area contributed by atoms with Gasteiger partial charge in [0.15, 0.2) is 0 Å². The summed E-state index contributed by atoms with van der Waals surface area (Å²) in [6.07, 6.45) is 8.18. The summed E-state index contributed by atoms with van der Waals surface area (Å²) in [6.45, 7) is 4.35. The quantitative estimate of drug-likeness (QED) is 0.684. The highest BCUT2D eigenvalue weighted by atomic mass is 16.5. The van der Waals surface area contributed by atoms with Crippen molar-refractivity contribution in [1.82, 2.24) is 0 Å². The van der Waals surface area contributed by atoms with Gasteiger partial charge in [-0.1, -0.05) is 42.0 Å². The Labute approximate surface area is 110 Å². The van der Waals surface area contributed by atoms with E-state index in [9.17, 15) is 0 Å². The molecule has 1 nitrogen and oxygen atoms in total. The molecule has 0 heterocycles. The topological polar surface area (TPSA) is 9.23 Å². The molecule has 0 bridgehead atoms. The van der Waals surface area contributed by atoms with Gasteiger partial charge in [0, 0.05) is 7.11 Å². The smallest absolute Gasteiger partial charge is 0.0798 e. The molecular formula is C17H22O. The predicted molar refractivity (Wildman–Crippen MR) is 77.5 cm³/mol. The van der Waals surface area contributed by atoms with Gasteiger partial charge < -0.3 is 4.74 Å². The third-order valence-corrected chi connectivity index (χ3v) is 3.83. The summed E-state index contributed by atoms with van der Waals surface area (Å²) in [5, 5.41) is 0. The molecule has 1 heteroatoms. The zero-order chi connectivity index (χ0) is 13.0.